The van der Waals surface area contributed by atoms with Crippen LogP contribution in [0.15, 0.2) is 24.3 Å². The molecule has 1 N–H and O–H groups in total. The summed E-state index contributed by atoms with van der Waals surface area (Å²) in [6.07, 6.45) is 17.4. The Bertz CT molecular complexity index is 461. The normalized spacial score (nSPS) is 31.0. The van der Waals surface area contributed by atoms with Crippen LogP contribution in [0, 0.1) is 17.8 Å². The topological polar surface area (TPSA) is 20.2 Å². The molecule has 2 aliphatic carbocycles. The molecule has 0 atom stereocenters. The van der Waals surface area contributed by atoms with Crippen LogP contribution in [0.1, 0.15) is 95.5 Å². The summed E-state index contributed by atoms with van der Waals surface area (Å²) in [5.41, 5.74) is 1.43. The molecule has 2 saturated carbocycles. The third kappa shape index (κ3) is 5.01. The highest BCUT2D eigenvalue weighted by molar-refractivity contribution is 5.28. The van der Waals surface area contributed by atoms with Crippen LogP contribution >= 0.6 is 0 Å². The van der Waals surface area contributed by atoms with Crippen LogP contribution in [-0.4, -0.2) is 5.11 Å². The Morgan fingerprint density at radius 3 is 1.67 bits per heavy atom. The molecular weight excluding hydrogens is 292 g/mol. The molecule has 1 aromatic carbocycles. The zero-order valence-corrected chi connectivity index (χ0v) is 15.6. The summed E-state index contributed by atoms with van der Waals surface area (Å²) in [7, 11) is 0. The molecule has 1 aromatic rings. The first-order chi connectivity index (χ1) is 11.7. The van der Waals surface area contributed by atoms with Gasteiger partial charge < -0.3 is 5.11 Å². The van der Waals surface area contributed by atoms with Crippen molar-refractivity contribution in [3.05, 3.63) is 29.8 Å². The molecular formula is C23H36O. The van der Waals surface area contributed by atoms with E-state index in [1.807, 2.05) is 12.1 Å². The number of hydrogen-bond acceptors (Lipinski definition) is 1. The summed E-state index contributed by atoms with van der Waals surface area (Å²) in [6, 6.07) is 7.93. The fourth-order valence-corrected chi connectivity index (χ4v) is 5.22. The van der Waals surface area contributed by atoms with Gasteiger partial charge in [0.2, 0.25) is 0 Å². The molecule has 0 saturated heterocycles. The van der Waals surface area contributed by atoms with Crippen molar-refractivity contribution < 1.29 is 5.11 Å². The van der Waals surface area contributed by atoms with E-state index in [0.29, 0.717) is 5.75 Å². The minimum atomic E-state index is 0.390. The number of rotatable bonds is 6. The van der Waals surface area contributed by atoms with E-state index in [2.05, 4.69) is 19.1 Å². The Hall–Kier alpha value is -0.980. The van der Waals surface area contributed by atoms with Crippen molar-refractivity contribution in [3.8, 4) is 5.75 Å². The second kappa shape index (κ2) is 8.92. The van der Waals surface area contributed by atoms with E-state index in [1.54, 1.807) is 0 Å². The number of hydrogen-bond donors (Lipinski definition) is 1. The van der Waals surface area contributed by atoms with Crippen molar-refractivity contribution in [3.63, 3.8) is 0 Å². The lowest BCUT2D eigenvalue weighted by Crippen LogP contribution is -2.17. The lowest BCUT2D eigenvalue weighted by molar-refractivity contribution is 0.224. The zero-order chi connectivity index (χ0) is 16.8. The molecule has 24 heavy (non-hydrogen) atoms. The Morgan fingerprint density at radius 2 is 1.17 bits per heavy atom. The van der Waals surface area contributed by atoms with E-state index in [9.17, 15) is 5.11 Å². The fourth-order valence-electron chi connectivity index (χ4n) is 5.22. The van der Waals surface area contributed by atoms with E-state index in [4.69, 9.17) is 0 Å². The quantitative estimate of drug-likeness (QED) is 0.593. The van der Waals surface area contributed by atoms with Crippen molar-refractivity contribution in [2.45, 2.75) is 89.9 Å². The SMILES string of the molecule is CCCC1CCC(CCC2CCC(c3ccc(O)cc3)CC2)CC1. The summed E-state index contributed by atoms with van der Waals surface area (Å²) < 4.78 is 0. The van der Waals surface area contributed by atoms with Crippen molar-refractivity contribution >= 4 is 0 Å². The number of phenols is 1. The smallest absolute Gasteiger partial charge is 0.115 e. The summed E-state index contributed by atoms with van der Waals surface area (Å²) >= 11 is 0. The van der Waals surface area contributed by atoms with Gasteiger partial charge in [-0.1, -0.05) is 70.4 Å². The summed E-state index contributed by atoms with van der Waals surface area (Å²) in [6.45, 7) is 2.33. The monoisotopic (exact) mass is 328 g/mol. The Labute approximate surface area is 148 Å². The number of phenolic OH excluding ortho intramolecular Hbond substituents is 1. The van der Waals surface area contributed by atoms with Crippen molar-refractivity contribution in [1.82, 2.24) is 0 Å². The summed E-state index contributed by atoms with van der Waals surface area (Å²) in [4.78, 5) is 0. The van der Waals surface area contributed by atoms with Crippen molar-refractivity contribution in [2.24, 2.45) is 17.8 Å². The van der Waals surface area contributed by atoms with Gasteiger partial charge in [0.25, 0.3) is 0 Å². The summed E-state index contributed by atoms with van der Waals surface area (Å²) in [5, 5.41) is 9.44. The minimum absolute atomic E-state index is 0.390. The van der Waals surface area contributed by atoms with Crippen molar-refractivity contribution in [1.29, 1.82) is 0 Å². The van der Waals surface area contributed by atoms with Gasteiger partial charge >= 0.3 is 0 Å². The van der Waals surface area contributed by atoms with Crippen LogP contribution in [-0.2, 0) is 0 Å². The van der Waals surface area contributed by atoms with Gasteiger partial charge in [-0.15, -0.1) is 0 Å². The maximum absolute atomic E-state index is 9.44. The molecule has 3 rings (SSSR count). The molecule has 0 radical (unpaired) electrons. The average Bonchev–Trinajstić information content (AvgIpc) is 2.63. The molecule has 1 heteroatoms. The zero-order valence-electron chi connectivity index (χ0n) is 15.6. The fraction of sp³-hybridized carbons (Fsp3) is 0.739. The third-order valence-corrected chi connectivity index (χ3v) is 6.86. The van der Waals surface area contributed by atoms with E-state index in [0.717, 1.165) is 23.7 Å². The Morgan fingerprint density at radius 1 is 0.708 bits per heavy atom. The maximum atomic E-state index is 9.44. The van der Waals surface area contributed by atoms with Gasteiger partial charge in [-0.3, -0.25) is 0 Å². The van der Waals surface area contributed by atoms with Gasteiger partial charge in [0.15, 0.2) is 0 Å². The molecule has 0 unspecified atom stereocenters. The number of aromatic hydroxyl groups is 1. The van der Waals surface area contributed by atoms with E-state index in [1.165, 1.54) is 82.6 Å². The van der Waals surface area contributed by atoms with E-state index in [-0.39, 0.29) is 0 Å². The maximum Gasteiger partial charge on any atom is 0.115 e. The predicted molar refractivity (Wildman–Crippen MR) is 102 cm³/mol. The molecule has 0 bridgehead atoms. The first kappa shape index (κ1) is 17.8. The first-order valence-corrected chi connectivity index (χ1v) is 10.5. The van der Waals surface area contributed by atoms with Crippen LogP contribution in [0.5, 0.6) is 5.75 Å². The van der Waals surface area contributed by atoms with Crippen molar-refractivity contribution in [2.75, 3.05) is 0 Å². The molecule has 0 aliphatic heterocycles. The van der Waals surface area contributed by atoms with Gasteiger partial charge in [-0.05, 0) is 67.1 Å². The molecule has 0 heterocycles. The van der Waals surface area contributed by atoms with Crippen LogP contribution in [0.4, 0.5) is 0 Å². The first-order valence-electron chi connectivity index (χ1n) is 10.5. The third-order valence-electron chi connectivity index (χ3n) is 6.86. The highest BCUT2D eigenvalue weighted by atomic mass is 16.3. The van der Waals surface area contributed by atoms with Gasteiger partial charge in [0.05, 0.1) is 0 Å². The summed E-state index contributed by atoms with van der Waals surface area (Å²) in [5.74, 6) is 4.18. The van der Waals surface area contributed by atoms with Gasteiger partial charge in [0, 0.05) is 0 Å². The van der Waals surface area contributed by atoms with E-state index >= 15 is 0 Å². The van der Waals surface area contributed by atoms with Crippen LogP contribution in [0.2, 0.25) is 0 Å². The highest BCUT2D eigenvalue weighted by Gasteiger charge is 2.25. The Balaban J connectivity index is 1.35. The van der Waals surface area contributed by atoms with Crippen LogP contribution < -0.4 is 0 Å². The lowest BCUT2D eigenvalue weighted by Gasteiger charge is -2.32. The number of benzene rings is 1. The molecule has 0 amide bonds. The molecule has 2 aliphatic rings. The van der Waals surface area contributed by atoms with Gasteiger partial charge in [-0.2, -0.15) is 0 Å². The average molecular weight is 329 g/mol. The molecule has 134 valence electrons. The largest absolute Gasteiger partial charge is 0.508 e. The second-order valence-electron chi connectivity index (χ2n) is 8.56. The standard InChI is InChI=1S/C23H36O/c1-2-3-18-4-6-19(7-5-18)8-9-20-10-12-21(13-11-20)22-14-16-23(24)17-15-22/h14-21,24H,2-13H2,1H3. The van der Waals surface area contributed by atoms with Gasteiger partial charge in [0.1, 0.15) is 5.75 Å². The molecule has 2 fully saturated rings. The molecule has 0 spiro atoms. The minimum Gasteiger partial charge on any atom is -0.508 e. The predicted octanol–water partition coefficient (Wildman–Crippen LogP) is 7.05. The Kier molecular flexibility index (Phi) is 6.63. The van der Waals surface area contributed by atoms with Crippen LogP contribution in [0.25, 0.3) is 0 Å². The second-order valence-corrected chi connectivity index (χ2v) is 8.56. The van der Waals surface area contributed by atoms with Gasteiger partial charge in [-0.25, -0.2) is 0 Å². The molecule has 0 aromatic heterocycles. The van der Waals surface area contributed by atoms with E-state index < -0.39 is 0 Å². The highest BCUT2D eigenvalue weighted by Crippen LogP contribution is 2.40. The lowest BCUT2D eigenvalue weighted by atomic mass is 9.74. The van der Waals surface area contributed by atoms with Crippen LogP contribution in [0.3, 0.4) is 0 Å². The molecule has 1 nitrogen and oxygen atoms in total.